The van der Waals surface area contributed by atoms with Gasteiger partial charge >= 0.3 is 5.97 Å². The highest BCUT2D eigenvalue weighted by atomic mass is 127. The van der Waals surface area contributed by atoms with Crippen LogP contribution in [0.15, 0.2) is 17.0 Å². The van der Waals surface area contributed by atoms with Gasteiger partial charge in [-0.05, 0) is 87.6 Å². The van der Waals surface area contributed by atoms with Gasteiger partial charge in [0.15, 0.2) is 0 Å². The van der Waals surface area contributed by atoms with Crippen molar-refractivity contribution < 1.29 is 23.9 Å². The van der Waals surface area contributed by atoms with Crippen LogP contribution < -0.4 is 4.74 Å². The highest BCUT2D eigenvalue weighted by molar-refractivity contribution is 14.1. The Balaban J connectivity index is 2.22. The zero-order valence-electron chi connectivity index (χ0n) is 13.6. The summed E-state index contributed by atoms with van der Waals surface area (Å²) in [6.45, 7) is 1.63. The number of thioether (sulfide) groups is 1. The van der Waals surface area contributed by atoms with Crippen LogP contribution in [0.2, 0.25) is 0 Å². The second-order valence-corrected chi connectivity index (χ2v) is 8.20. The lowest BCUT2D eigenvalue weighted by Crippen LogP contribution is -2.34. The summed E-state index contributed by atoms with van der Waals surface area (Å²) in [5, 5.41) is -0.493. The summed E-state index contributed by atoms with van der Waals surface area (Å²) in [6.07, 6.45) is 6.83. The Morgan fingerprint density at radius 3 is 2.58 bits per heavy atom. The molecule has 0 atom stereocenters. The van der Waals surface area contributed by atoms with E-state index in [0.717, 1.165) is 29.4 Å². The molecule has 1 aliphatic heterocycles. The molecule has 0 radical (unpaired) electrons. The van der Waals surface area contributed by atoms with Crippen molar-refractivity contribution in [2.75, 3.05) is 19.8 Å². The number of hydrogen-bond donors (Lipinski definition) is 0. The fourth-order valence-electron chi connectivity index (χ4n) is 2.04. The van der Waals surface area contributed by atoms with Crippen molar-refractivity contribution in [3.8, 4) is 18.1 Å². The van der Waals surface area contributed by atoms with Crippen molar-refractivity contribution in [1.29, 1.82) is 0 Å². The number of imide groups is 1. The van der Waals surface area contributed by atoms with Crippen LogP contribution in [-0.2, 0) is 14.3 Å². The number of halogens is 2. The first-order chi connectivity index (χ1) is 12.4. The smallest absolute Gasteiger partial charge is 0.326 e. The van der Waals surface area contributed by atoms with E-state index in [0.29, 0.717) is 5.75 Å². The van der Waals surface area contributed by atoms with Crippen molar-refractivity contribution >= 4 is 80.1 Å². The van der Waals surface area contributed by atoms with Gasteiger partial charge in [0.1, 0.15) is 18.9 Å². The minimum Gasteiger partial charge on any atom is -0.479 e. The van der Waals surface area contributed by atoms with Crippen LogP contribution in [0, 0.1) is 19.5 Å². The topological polar surface area (TPSA) is 72.9 Å². The molecular formula is C17H13I2NO5S. The molecule has 2 amide bonds. The van der Waals surface area contributed by atoms with E-state index in [1.807, 2.05) is 12.1 Å². The van der Waals surface area contributed by atoms with E-state index in [2.05, 4.69) is 51.1 Å². The van der Waals surface area contributed by atoms with Gasteiger partial charge in [0.25, 0.3) is 11.1 Å². The second kappa shape index (κ2) is 9.61. The van der Waals surface area contributed by atoms with E-state index in [4.69, 9.17) is 15.9 Å². The van der Waals surface area contributed by atoms with Gasteiger partial charge in [0.2, 0.25) is 0 Å². The molecule has 0 bridgehead atoms. The van der Waals surface area contributed by atoms with Gasteiger partial charge < -0.3 is 9.47 Å². The van der Waals surface area contributed by atoms with Gasteiger partial charge in [-0.3, -0.25) is 19.3 Å². The van der Waals surface area contributed by atoms with Crippen molar-refractivity contribution in [2.24, 2.45) is 0 Å². The van der Waals surface area contributed by atoms with Crippen molar-refractivity contribution in [3.63, 3.8) is 0 Å². The van der Waals surface area contributed by atoms with E-state index in [-0.39, 0.29) is 24.7 Å². The van der Waals surface area contributed by atoms with Crippen molar-refractivity contribution in [3.05, 3.63) is 29.7 Å². The van der Waals surface area contributed by atoms with Gasteiger partial charge in [-0.15, -0.1) is 6.42 Å². The molecule has 1 aromatic carbocycles. The lowest BCUT2D eigenvalue weighted by Gasteiger charge is -2.11. The van der Waals surface area contributed by atoms with E-state index >= 15 is 0 Å². The molecule has 2 rings (SSSR count). The van der Waals surface area contributed by atoms with E-state index in [1.165, 1.54) is 0 Å². The number of rotatable bonds is 6. The van der Waals surface area contributed by atoms with Gasteiger partial charge in [-0.25, -0.2) is 0 Å². The zero-order valence-corrected chi connectivity index (χ0v) is 18.7. The van der Waals surface area contributed by atoms with Gasteiger partial charge in [0, 0.05) is 0 Å². The molecule has 1 saturated heterocycles. The summed E-state index contributed by atoms with van der Waals surface area (Å²) in [5.74, 6) is 1.97. The van der Waals surface area contributed by atoms with Crippen LogP contribution in [0.3, 0.4) is 0 Å². The number of amides is 2. The molecule has 0 aromatic heterocycles. The molecule has 1 aromatic rings. The molecule has 0 aliphatic carbocycles. The van der Waals surface area contributed by atoms with Crippen LogP contribution in [0.1, 0.15) is 12.5 Å². The van der Waals surface area contributed by atoms with Gasteiger partial charge in [-0.2, -0.15) is 0 Å². The number of ether oxygens (including phenoxy) is 2. The molecule has 0 N–H and O–H groups in total. The molecule has 0 spiro atoms. The van der Waals surface area contributed by atoms with Crippen LogP contribution in [0.25, 0.3) is 6.08 Å². The summed E-state index contributed by atoms with van der Waals surface area (Å²) >= 11 is 5.03. The van der Waals surface area contributed by atoms with Crippen LogP contribution in [0.4, 0.5) is 4.79 Å². The summed E-state index contributed by atoms with van der Waals surface area (Å²) in [7, 11) is 0. The molecule has 0 unspecified atom stereocenters. The molecular weight excluding hydrogens is 584 g/mol. The highest BCUT2D eigenvalue weighted by Gasteiger charge is 2.36. The number of esters is 1. The maximum atomic E-state index is 12.4. The molecule has 136 valence electrons. The Labute approximate surface area is 182 Å². The maximum absolute atomic E-state index is 12.4. The summed E-state index contributed by atoms with van der Waals surface area (Å²) in [4.78, 5) is 37.1. The average Bonchev–Trinajstić information content (AvgIpc) is 2.82. The van der Waals surface area contributed by atoms with Crippen molar-refractivity contribution in [2.45, 2.75) is 6.92 Å². The molecule has 0 saturated carbocycles. The molecule has 1 heterocycles. The fourth-order valence-corrected chi connectivity index (χ4v) is 5.00. The number of benzene rings is 1. The first-order valence-corrected chi connectivity index (χ1v) is 10.3. The van der Waals surface area contributed by atoms with Crippen molar-refractivity contribution in [1.82, 2.24) is 4.90 Å². The Hall–Kier alpha value is -1.26. The quantitative estimate of drug-likeness (QED) is 0.217. The minimum absolute atomic E-state index is 0.165. The van der Waals surface area contributed by atoms with Gasteiger partial charge in [0.05, 0.1) is 18.7 Å². The molecule has 26 heavy (non-hydrogen) atoms. The highest BCUT2D eigenvalue weighted by Crippen LogP contribution is 2.34. The van der Waals surface area contributed by atoms with Crippen LogP contribution >= 0.6 is 56.9 Å². The Morgan fingerprint density at radius 2 is 2.00 bits per heavy atom. The van der Waals surface area contributed by atoms with E-state index < -0.39 is 17.1 Å². The zero-order chi connectivity index (χ0) is 19.3. The number of carbonyl (C=O) groups is 3. The summed E-state index contributed by atoms with van der Waals surface area (Å²) < 4.78 is 12.0. The standard InChI is InChI=1S/C17H13I2NO5S/c1-3-5-25-15-11(18)6-10(7-12(15)19)8-13-16(22)20(17(23)26-13)9-14(21)24-4-2/h1,6-8H,4-5,9H2,2H3/b13-8+. The predicted octanol–water partition coefficient (Wildman–Crippen LogP) is 3.51. The third-order valence-electron chi connectivity index (χ3n) is 3.08. The number of nitrogens with zero attached hydrogens (tertiary/aromatic N) is 1. The normalized spacial score (nSPS) is 15.3. The Morgan fingerprint density at radius 1 is 1.35 bits per heavy atom. The average molecular weight is 597 g/mol. The molecule has 1 aliphatic rings. The monoisotopic (exact) mass is 597 g/mol. The SMILES string of the molecule is C#CCOc1c(I)cc(/C=C2/SC(=O)N(CC(=O)OCC)C2=O)cc1I. The fraction of sp³-hybridized carbons (Fsp3) is 0.235. The molecule has 9 heteroatoms. The first-order valence-electron chi connectivity index (χ1n) is 7.33. The number of hydrogen-bond acceptors (Lipinski definition) is 6. The largest absolute Gasteiger partial charge is 0.479 e. The summed E-state index contributed by atoms with van der Waals surface area (Å²) in [6, 6.07) is 3.65. The third-order valence-corrected chi connectivity index (χ3v) is 5.59. The lowest BCUT2D eigenvalue weighted by molar-refractivity contribution is -0.145. The number of carbonyl (C=O) groups excluding carboxylic acids is 3. The number of terminal acetylenes is 1. The maximum Gasteiger partial charge on any atom is 0.326 e. The lowest BCUT2D eigenvalue weighted by atomic mass is 10.2. The molecule has 1 fully saturated rings. The minimum atomic E-state index is -0.616. The van der Waals surface area contributed by atoms with E-state index in [1.54, 1.807) is 13.0 Å². The summed E-state index contributed by atoms with van der Waals surface area (Å²) in [5.41, 5.74) is 0.744. The van der Waals surface area contributed by atoms with Crippen LogP contribution in [0.5, 0.6) is 5.75 Å². The van der Waals surface area contributed by atoms with E-state index in [9.17, 15) is 14.4 Å². The Kier molecular flexibility index (Phi) is 7.78. The van der Waals surface area contributed by atoms with Gasteiger partial charge in [-0.1, -0.05) is 5.92 Å². The second-order valence-electron chi connectivity index (χ2n) is 4.88. The third kappa shape index (κ3) is 5.14. The Bertz CT molecular complexity index is 808. The first kappa shape index (κ1) is 21.0. The predicted molar refractivity (Wildman–Crippen MR) is 116 cm³/mol. The van der Waals surface area contributed by atoms with Crippen LogP contribution in [-0.4, -0.2) is 41.8 Å². The molecule has 6 nitrogen and oxygen atoms in total.